The van der Waals surface area contributed by atoms with Crippen molar-refractivity contribution in [2.24, 2.45) is 7.05 Å². The van der Waals surface area contributed by atoms with Crippen molar-refractivity contribution < 1.29 is 18.3 Å². The van der Waals surface area contributed by atoms with Crippen LogP contribution in [0.15, 0.2) is 40.0 Å². The lowest BCUT2D eigenvalue weighted by Gasteiger charge is -2.09. The van der Waals surface area contributed by atoms with Gasteiger partial charge in [-0.1, -0.05) is 17.8 Å². The summed E-state index contributed by atoms with van der Waals surface area (Å²) >= 11 is 4.19. The summed E-state index contributed by atoms with van der Waals surface area (Å²) in [5.74, 6) is -0.721. The number of carbonyl (C=O) groups excluding carboxylic acids is 1. The molecule has 1 aromatic heterocycles. The van der Waals surface area contributed by atoms with Crippen molar-refractivity contribution >= 4 is 39.3 Å². The Hall–Kier alpha value is -2.46. The first kappa shape index (κ1) is 22.2. The molecule has 30 heavy (non-hydrogen) atoms. The summed E-state index contributed by atoms with van der Waals surface area (Å²) in [5, 5.41) is 11.1. The number of nitrogens with zero attached hydrogens (tertiary/aromatic N) is 3. The van der Waals surface area contributed by atoms with Gasteiger partial charge in [0.2, 0.25) is 5.91 Å². The Bertz CT molecular complexity index is 1050. The number of hydrogen-bond donors (Lipinski definition) is 1. The predicted octanol–water partition coefficient (Wildman–Crippen LogP) is 4.78. The smallest absolute Gasteiger partial charge is 0.234 e. The maximum atomic E-state index is 13.8. The number of carbonyl (C=O) groups is 1. The molecule has 0 bridgehead atoms. The molecule has 0 radical (unpaired) electrons. The predicted molar refractivity (Wildman–Crippen MR) is 115 cm³/mol. The van der Waals surface area contributed by atoms with Gasteiger partial charge in [0, 0.05) is 17.6 Å². The largest absolute Gasteiger partial charge is 0.486 e. The molecule has 0 spiro atoms. The number of anilines is 1. The van der Waals surface area contributed by atoms with Crippen LogP contribution >= 0.6 is 27.7 Å². The van der Waals surface area contributed by atoms with E-state index in [0.717, 1.165) is 34.7 Å². The first-order valence-corrected chi connectivity index (χ1v) is 10.7. The highest BCUT2D eigenvalue weighted by Crippen LogP contribution is 2.27. The maximum Gasteiger partial charge on any atom is 0.234 e. The van der Waals surface area contributed by atoms with Gasteiger partial charge in [-0.05, 0) is 59.1 Å². The summed E-state index contributed by atoms with van der Waals surface area (Å²) in [6.45, 7) is 4.23. The Kier molecular flexibility index (Phi) is 7.09. The Morgan fingerprint density at radius 2 is 1.87 bits per heavy atom. The van der Waals surface area contributed by atoms with E-state index in [1.165, 1.54) is 0 Å². The zero-order valence-electron chi connectivity index (χ0n) is 16.5. The summed E-state index contributed by atoms with van der Waals surface area (Å²) in [6, 6.07) is 7.73. The number of amides is 1. The van der Waals surface area contributed by atoms with E-state index in [9.17, 15) is 13.6 Å². The van der Waals surface area contributed by atoms with Crippen LogP contribution in [0.3, 0.4) is 0 Å². The molecule has 6 nitrogen and oxygen atoms in total. The average molecular weight is 497 g/mol. The maximum absolute atomic E-state index is 13.8. The summed E-state index contributed by atoms with van der Waals surface area (Å²) in [4.78, 5) is 12.2. The van der Waals surface area contributed by atoms with Crippen LogP contribution in [0.5, 0.6) is 5.75 Å². The molecular formula is C20H19BrF2N4O2S. The van der Waals surface area contributed by atoms with Gasteiger partial charge < -0.3 is 14.6 Å². The highest BCUT2D eigenvalue weighted by Gasteiger charge is 2.15. The second-order valence-electron chi connectivity index (χ2n) is 6.65. The van der Waals surface area contributed by atoms with E-state index < -0.39 is 17.5 Å². The number of ether oxygens (including phenoxy) is 1. The van der Waals surface area contributed by atoms with Crippen molar-refractivity contribution in [1.82, 2.24) is 14.8 Å². The van der Waals surface area contributed by atoms with Gasteiger partial charge in [0.25, 0.3) is 0 Å². The van der Waals surface area contributed by atoms with Crippen molar-refractivity contribution in [3.05, 3.63) is 63.4 Å². The van der Waals surface area contributed by atoms with Gasteiger partial charge in [-0.2, -0.15) is 0 Å². The van der Waals surface area contributed by atoms with Crippen LogP contribution in [-0.4, -0.2) is 26.4 Å². The third kappa shape index (κ3) is 5.57. The average Bonchev–Trinajstić information content (AvgIpc) is 3.00. The fourth-order valence-electron chi connectivity index (χ4n) is 2.73. The number of aryl methyl sites for hydroxylation is 2. The first-order valence-electron chi connectivity index (χ1n) is 8.89. The Labute approximate surface area is 185 Å². The Morgan fingerprint density at radius 3 is 2.53 bits per heavy atom. The highest BCUT2D eigenvalue weighted by atomic mass is 79.9. The lowest BCUT2D eigenvalue weighted by atomic mass is 10.1. The van der Waals surface area contributed by atoms with Gasteiger partial charge in [0.05, 0.1) is 11.4 Å². The van der Waals surface area contributed by atoms with Gasteiger partial charge in [-0.3, -0.25) is 4.79 Å². The lowest BCUT2D eigenvalue weighted by Crippen LogP contribution is -2.16. The molecule has 2 aromatic carbocycles. The topological polar surface area (TPSA) is 69.0 Å². The van der Waals surface area contributed by atoms with Crippen molar-refractivity contribution in [2.75, 3.05) is 11.1 Å². The number of thioether (sulfide) groups is 1. The highest BCUT2D eigenvalue weighted by molar-refractivity contribution is 9.10. The van der Waals surface area contributed by atoms with Crippen molar-refractivity contribution in [3.8, 4) is 5.75 Å². The fourth-order valence-corrected chi connectivity index (χ4v) is 3.96. The number of halogens is 3. The standard InChI is InChI=1S/C20H19BrF2N4O2S/c1-11-4-12(2)6-14(5-11)29-9-17-25-26-20(27(17)3)30-10-18(28)24-19-15(21)7-13(22)8-16(19)23/h4-8H,9-10H2,1-3H3,(H,24,28). The van der Waals surface area contributed by atoms with E-state index in [-0.39, 0.29) is 22.5 Å². The molecule has 10 heteroatoms. The van der Waals surface area contributed by atoms with Gasteiger partial charge in [-0.25, -0.2) is 8.78 Å². The van der Waals surface area contributed by atoms with E-state index in [0.29, 0.717) is 17.0 Å². The molecule has 0 saturated heterocycles. The monoisotopic (exact) mass is 496 g/mol. The minimum atomic E-state index is -0.857. The zero-order valence-corrected chi connectivity index (χ0v) is 18.9. The zero-order chi connectivity index (χ0) is 21.8. The second kappa shape index (κ2) is 9.57. The molecule has 0 aliphatic rings. The van der Waals surface area contributed by atoms with E-state index >= 15 is 0 Å². The molecule has 1 heterocycles. The van der Waals surface area contributed by atoms with Crippen LogP contribution in [0.25, 0.3) is 0 Å². The third-order valence-electron chi connectivity index (χ3n) is 4.09. The van der Waals surface area contributed by atoms with Crippen LogP contribution in [-0.2, 0) is 18.4 Å². The quantitative estimate of drug-likeness (QED) is 0.476. The van der Waals surface area contributed by atoms with Crippen LogP contribution in [0.4, 0.5) is 14.5 Å². The number of aromatic nitrogens is 3. The van der Waals surface area contributed by atoms with E-state index in [4.69, 9.17) is 4.74 Å². The molecule has 0 unspecified atom stereocenters. The summed E-state index contributed by atoms with van der Waals surface area (Å²) in [5.41, 5.74) is 2.10. The van der Waals surface area contributed by atoms with Crippen LogP contribution in [0.2, 0.25) is 0 Å². The Balaban J connectivity index is 1.58. The van der Waals surface area contributed by atoms with Gasteiger partial charge in [0.1, 0.15) is 18.2 Å². The number of rotatable bonds is 7. The van der Waals surface area contributed by atoms with Gasteiger partial charge in [0.15, 0.2) is 16.8 Å². The fraction of sp³-hybridized carbons (Fsp3) is 0.250. The van der Waals surface area contributed by atoms with Crippen LogP contribution in [0, 0.1) is 25.5 Å². The van der Waals surface area contributed by atoms with Gasteiger partial charge in [-0.15, -0.1) is 10.2 Å². The van der Waals surface area contributed by atoms with E-state index in [1.54, 1.807) is 11.6 Å². The number of nitrogens with one attached hydrogen (secondary N) is 1. The first-order chi connectivity index (χ1) is 14.2. The molecular weight excluding hydrogens is 478 g/mol. The SMILES string of the molecule is Cc1cc(C)cc(OCc2nnc(SCC(=O)Nc3c(F)cc(F)cc3Br)n2C)c1. The van der Waals surface area contributed by atoms with Crippen LogP contribution < -0.4 is 10.1 Å². The van der Waals surface area contributed by atoms with E-state index in [2.05, 4.69) is 37.5 Å². The van der Waals surface area contributed by atoms with Crippen molar-refractivity contribution in [1.29, 1.82) is 0 Å². The summed E-state index contributed by atoms with van der Waals surface area (Å²) < 4.78 is 34.7. The lowest BCUT2D eigenvalue weighted by molar-refractivity contribution is -0.113. The molecule has 0 saturated carbocycles. The molecule has 3 rings (SSSR count). The number of benzene rings is 2. The van der Waals surface area contributed by atoms with Gasteiger partial charge >= 0.3 is 0 Å². The minimum absolute atomic E-state index is 0.0207. The molecule has 3 aromatic rings. The summed E-state index contributed by atoms with van der Waals surface area (Å²) in [6.07, 6.45) is 0. The summed E-state index contributed by atoms with van der Waals surface area (Å²) in [7, 11) is 1.77. The minimum Gasteiger partial charge on any atom is -0.486 e. The molecule has 158 valence electrons. The normalized spacial score (nSPS) is 10.9. The molecule has 1 amide bonds. The molecule has 0 fully saturated rings. The number of hydrogen-bond acceptors (Lipinski definition) is 5. The van der Waals surface area contributed by atoms with Crippen molar-refractivity contribution in [2.45, 2.75) is 25.6 Å². The molecule has 1 N–H and O–H groups in total. The van der Waals surface area contributed by atoms with Crippen LogP contribution in [0.1, 0.15) is 17.0 Å². The second-order valence-corrected chi connectivity index (χ2v) is 8.45. The Morgan fingerprint density at radius 1 is 1.17 bits per heavy atom. The van der Waals surface area contributed by atoms with Crippen molar-refractivity contribution in [3.63, 3.8) is 0 Å². The molecule has 0 aliphatic carbocycles. The molecule has 0 atom stereocenters. The third-order valence-corrected chi connectivity index (χ3v) is 5.74. The van der Waals surface area contributed by atoms with E-state index in [1.807, 2.05) is 26.0 Å². The molecule has 0 aliphatic heterocycles.